The van der Waals surface area contributed by atoms with E-state index in [0.717, 1.165) is 5.56 Å². The van der Waals surface area contributed by atoms with E-state index in [9.17, 15) is 8.42 Å². The Bertz CT molecular complexity index is 968. The fourth-order valence-electron chi connectivity index (χ4n) is 2.31. The summed E-state index contributed by atoms with van der Waals surface area (Å²) in [6, 6.07) is 13.6. The van der Waals surface area contributed by atoms with Gasteiger partial charge in [-0.05, 0) is 17.7 Å². The maximum Gasteiger partial charge on any atom is 0.267 e. The number of rotatable bonds is 6. The third kappa shape index (κ3) is 3.43. The third-order valence-corrected chi connectivity index (χ3v) is 4.91. The minimum absolute atomic E-state index is 0.0315. The highest BCUT2D eigenvalue weighted by atomic mass is 32.2. The zero-order valence-electron chi connectivity index (χ0n) is 13.6. The average Bonchev–Trinajstić information content (AvgIpc) is 3.09. The predicted molar refractivity (Wildman–Crippen MR) is 92.3 cm³/mol. The van der Waals surface area contributed by atoms with Gasteiger partial charge in [0.15, 0.2) is 0 Å². The molecule has 1 heterocycles. The first kappa shape index (κ1) is 16.8. The Hall–Kier alpha value is -3.00. The molecule has 0 aliphatic rings. The zero-order valence-corrected chi connectivity index (χ0v) is 14.4. The Morgan fingerprint density at radius 2 is 1.80 bits per heavy atom. The lowest BCUT2D eigenvalue weighted by atomic mass is 10.1. The summed E-state index contributed by atoms with van der Waals surface area (Å²) in [5.41, 5.74) is 1.32. The Balaban J connectivity index is 1.98. The van der Waals surface area contributed by atoms with Crippen molar-refractivity contribution in [3.05, 3.63) is 54.7 Å². The number of hydrogen-bond donors (Lipinski definition) is 1. The van der Waals surface area contributed by atoms with Gasteiger partial charge in [0.25, 0.3) is 10.0 Å². The van der Waals surface area contributed by atoms with E-state index in [1.165, 1.54) is 38.6 Å². The summed E-state index contributed by atoms with van der Waals surface area (Å²) in [6.45, 7) is 0. The van der Waals surface area contributed by atoms with Crippen LogP contribution in [0.1, 0.15) is 0 Å². The van der Waals surface area contributed by atoms with E-state index in [1.54, 1.807) is 0 Å². The number of anilines is 1. The lowest BCUT2D eigenvalue weighted by Crippen LogP contribution is -2.14. The summed E-state index contributed by atoms with van der Waals surface area (Å²) in [4.78, 5) is -0.0359. The van der Waals surface area contributed by atoms with Crippen LogP contribution >= 0.6 is 0 Å². The Morgan fingerprint density at radius 1 is 1.04 bits per heavy atom. The molecule has 0 fully saturated rings. The van der Waals surface area contributed by atoms with Gasteiger partial charge >= 0.3 is 0 Å². The van der Waals surface area contributed by atoms with Crippen molar-refractivity contribution >= 4 is 15.9 Å². The monoisotopic (exact) mass is 360 g/mol. The van der Waals surface area contributed by atoms with Crippen LogP contribution in [0.2, 0.25) is 0 Å². The molecular formula is C17H16N2O5S. The van der Waals surface area contributed by atoms with Gasteiger partial charge in [0.1, 0.15) is 16.4 Å². The SMILES string of the molecule is COc1ccc(S(=O)(=O)Nc2oncc2-c2ccccc2)c(OC)c1. The van der Waals surface area contributed by atoms with Crippen molar-refractivity contribution in [3.8, 4) is 22.6 Å². The Labute approximate surface area is 145 Å². The number of nitrogens with one attached hydrogen (secondary N) is 1. The molecule has 0 radical (unpaired) electrons. The van der Waals surface area contributed by atoms with Crippen molar-refractivity contribution in [2.24, 2.45) is 0 Å². The lowest BCUT2D eigenvalue weighted by molar-refractivity contribution is 0.386. The highest BCUT2D eigenvalue weighted by Gasteiger charge is 2.23. The van der Waals surface area contributed by atoms with Crippen LogP contribution in [0.5, 0.6) is 11.5 Å². The first-order valence-corrected chi connectivity index (χ1v) is 8.78. The summed E-state index contributed by atoms with van der Waals surface area (Å²) in [5, 5.41) is 3.69. The van der Waals surface area contributed by atoms with E-state index < -0.39 is 10.0 Å². The van der Waals surface area contributed by atoms with Crippen molar-refractivity contribution in [2.75, 3.05) is 18.9 Å². The van der Waals surface area contributed by atoms with Crippen LogP contribution in [0.4, 0.5) is 5.88 Å². The molecule has 0 saturated heterocycles. The molecule has 2 aromatic carbocycles. The van der Waals surface area contributed by atoms with Crippen LogP contribution in [0.25, 0.3) is 11.1 Å². The van der Waals surface area contributed by atoms with E-state index in [2.05, 4.69) is 9.88 Å². The maximum atomic E-state index is 12.7. The van der Waals surface area contributed by atoms with Gasteiger partial charge < -0.3 is 14.0 Å². The molecule has 3 rings (SSSR count). The van der Waals surface area contributed by atoms with E-state index in [1.807, 2.05) is 30.3 Å². The molecule has 7 nitrogen and oxygen atoms in total. The van der Waals surface area contributed by atoms with Gasteiger partial charge in [-0.3, -0.25) is 0 Å². The quantitative estimate of drug-likeness (QED) is 0.726. The molecule has 0 unspecified atom stereocenters. The van der Waals surface area contributed by atoms with Crippen LogP contribution in [0.15, 0.2) is 64.1 Å². The third-order valence-electron chi connectivity index (χ3n) is 3.54. The van der Waals surface area contributed by atoms with Gasteiger partial charge in [0, 0.05) is 6.07 Å². The molecule has 0 atom stereocenters. The summed E-state index contributed by atoms with van der Waals surface area (Å²) >= 11 is 0. The van der Waals surface area contributed by atoms with Crippen molar-refractivity contribution in [1.82, 2.24) is 5.16 Å². The summed E-state index contributed by atoms with van der Waals surface area (Å²) < 4.78 is 43.2. The summed E-state index contributed by atoms with van der Waals surface area (Å²) in [5.74, 6) is 0.678. The fourth-order valence-corrected chi connectivity index (χ4v) is 3.47. The first-order chi connectivity index (χ1) is 12.0. The second-order valence-corrected chi connectivity index (χ2v) is 6.71. The standard InChI is InChI=1S/C17H16N2O5S/c1-22-13-8-9-16(15(10-13)23-2)25(20,21)19-17-14(11-18-24-17)12-6-4-3-5-7-12/h3-11,19H,1-2H3. The molecule has 0 amide bonds. The molecule has 3 aromatic rings. The summed E-state index contributed by atoms with van der Waals surface area (Å²) in [6.07, 6.45) is 1.46. The maximum absolute atomic E-state index is 12.7. The van der Waals surface area contributed by atoms with Crippen molar-refractivity contribution in [2.45, 2.75) is 4.90 Å². The minimum Gasteiger partial charge on any atom is -0.497 e. The Kier molecular flexibility index (Phi) is 4.62. The van der Waals surface area contributed by atoms with Gasteiger partial charge in [-0.25, -0.2) is 13.1 Å². The molecule has 0 aliphatic carbocycles. The van der Waals surface area contributed by atoms with Gasteiger partial charge in [-0.2, -0.15) is 0 Å². The number of sulfonamides is 1. The minimum atomic E-state index is -3.95. The molecule has 25 heavy (non-hydrogen) atoms. The second-order valence-electron chi connectivity index (χ2n) is 5.06. The molecule has 130 valence electrons. The van der Waals surface area contributed by atoms with Crippen LogP contribution in [0.3, 0.4) is 0 Å². The van der Waals surface area contributed by atoms with Crippen molar-refractivity contribution in [1.29, 1.82) is 0 Å². The zero-order chi connectivity index (χ0) is 17.9. The first-order valence-electron chi connectivity index (χ1n) is 7.30. The highest BCUT2D eigenvalue weighted by molar-refractivity contribution is 7.92. The van der Waals surface area contributed by atoms with E-state index in [-0.39, 0.29) is 16.5 Å². The number of nitrogens with zero attached hydrogens (tertiary/aromatic N) is 1. The molecular weight excluding hydrogens is 344 g/mol. The van der Waals surface area contributed by atoms with E-state index in [0.29, 0.717) is 11.3 Å². The molecule has 1 N–H and O–H groups in total. The number of methoxy groups -OCH3 is 2. The predicted octanol–water partition coefficient (Wildman–Crippen LogP) is 3.16. The molecule has 0 spiro atoms. The molecule has 0 saturated carbocycles. The van der Waals surface area contributed by atoms with E-state index in [4.69, 9.17) is 14.0 Å². The van der Waals surface area contributed by atoms with Gasteiger partial charge in [-0.1, -0.05) is 35.5 Å². The topological polar surface area (TPSA) is 90.7 Å². The van der Waals surface area contributed by atoms with Crippen LogP contribution in [-0.4, -0.2) is 27.8 Å². The number of benzene rings is 2. The van der Waals surface area contributed by atoms with E-state index >= 15 is 0 Å². The lowest BCUT2D eigenvalue weighted by Gasteiger charge is -2.12. The largest absolute Gasteiger partial charge is 0.497 e. The molecule has 0 aliphatic heterocycles. The van der Waals surface area contributed by atoms with Gasteiger partial charge in [0.2, 0.25) is 5.88 Å². The smallest absolute Gasteiger partial charge is 0.267 e. The summed E-state index contributed by atoms with van der Waals surface area (Å²) in [7, 11) is -1.07. The van der Waals surface area contributed by atoms with Crippen LogP contribution in [0, 0.1) is 0 Å². The van der Waals surface area contributed by atoms with Crippen molar-refractivity contribution in [3.63, 3.8) is 0 Å². The second kappa shape index (κ2) is 6.86. The number of aromatic nitrogens is 1. The Morgan fingerprint density at radius 3 is 2.48 bits per heavy atom. The molecule has 1 aromatic heterocycles. The molecule has 8 heteroatoms. The average molecular weight is 360 g/mol. The van der Waals surface area contributed by atoms with Gasteiger partial charge in [-0.15, -0.1) is 0 Å². The van der Waals surface area contributed by atoms with Crippen molar-refractivity contribution < 1.29 is 22.4 Å². The number of ether oxygens (including phenoxy) is 2. The normalized spacial score (nSPS) is 11.1. The fraction of sp³-hybridized carbons (Fsp3) is 0.118. The van der Waals surface area contributed by atoms with Crippen LogP contribution < -0.4 is 14.2 Å². The molecule has 0 bridgehead atoms. The van der Waals surface area contributed by atoms with Gasteiger partial charge in [0.05, 0.1) is 26.0 Å². The number of hydrogen-bond acceptors (Lipinski definition) is 6. The van der Waals surface area contributed by atoms with Crippen LogP contribution in [-0.2, 0) is 10.0 Å². The highest BCUT2D eigenvalue weighted by Crippen LogP contribution is 2.33.